The molecule has 7 atom stereocenters. The first-order valence-corrected chi connectivity index (χ1v) is 25.4. The third-order valence-corrected chi connectivity index (χ3v) is 12.4. The number of aliphatic hydroxyl groups is 5. The van der Waals surface area contributed by atoms with Crippen molar-refractivity contribution < 1.29 is 39.8 Å². The first-order valence-electron chi connectivity index (χ1n) is 25.4. The zero-order chi connectivity index (χ0) is 43.0. The van der Waals surface area contributed by atoms with Gasteiger partial charge in [0.05, 0.1) is 25.4 Å². The number of hydrogen-bond donors (Lipinski definition) is 6. The Morgan fingerprint density at radius 2 is 0.932 bits per heavy atom. The molecule has 1 rings (SSSR count). The standard InChI is InChI=1S/C50H97NO8/c1-3-5-7-9-11-13-14-15-16-17-18-19-20-21-22-23-24-25-26-27-28-29-30-32-34-36-38-40-46(54)51-43(44(53)39-37-35-33-31-12-10-8-6-4-2)42-58-50-49(57)48(56)47(55)45(41-52)59-50/h37,39,43-45,47-50,52-53,55-57H,3-36,38,40-42H2,1-2H3,(H,51,54)/b39-37+/t43-,44+,45+,47+,48?,49?,50+/m0/s1. The van der Waals surface area contributed by atoms with Gasteiger partial charge >= 0.3 is 0 Å². The van der Waals surface area contributed by atoms with Crippen molar-refractivity contribution in [3.05, 3.63) is 12.2 Å². The second-order valence-corrected chi connectivity index (χ2v) is 18.0. The molecule has 0 aliphatic carbocycles. The maximum atomic E-state index is 12.9. The number of allylic oxidation sites excluding steroid dienone is 1. The van der Waals surface area contributed by atoms with E-state index in [9.17, 15) is 30.3 Å². The van der Waals surface area contributed by atoms with Gasteiger partial charge in [0.15, 0.2) is 6.29 Å². The number of unbranched alkanes of at least 4 members (excludes halogenated alkanes) is 33. The van der Waals surface area contributed by atoms with E-state index in [-0.39, 0.29) is 12.5 Å². The van der Waals surface area contributed by atoms with Crippen molar-refractivity contribution in [2.24, 2.45) is 0 Å². The molecule has 0 aromatic heterocycles. The number of carbonyl (C=O) groups excluding carboxylic acids is 1. The molecule has 0 saturated carbocycles. The Morgan fingerprint density at radius 3 is 1.32 bits per heavy atom. The van der Waals surface area contributed by atoms with Gasteiger partial charge in [-0.2, -0.15) is 0 Å². The number of rotatable bonds is 43. The highest BCUT2D eigenvalue weighted by molar-refractivity contribution is 5.76. The van der Waals surface area contributed by atoms with E-state index in [1.54, 1.807) is 6.08 Å². The fourth-order valence-corrected chi connectivity index (χ4v) is 8.28. The second kappa shape index (κ2) is 41.0. The topological polar surface area (TPSA) is 149 Å². The summed E-state index contributed by atoms with van der Waals surface area (Å²) in [7, 11) is 0. The van der Waals surface area contributed by atoms with E-state index < -0.39 is 49.5 Å². The minimum Gasteiger partial charge on any atom is -0.394 e. The number of ether oxygens (including phenoxy) is 2. The van der Waals surface area contributed by atoms with Crippen molar-refractivity contribution in [2.75, 3.05) is 13.2 Å². The zero-order valence-electron chi connectivity index (χ0n) is 38.5. The van der Waals surface area contributed by atoms with Crippen LogP contribution in [-0.4, -0.2) is 87.5 Å². The van der Waals surface area contributed by atoms with Crippen LogP contribution in [0.1, 0.15) is 245 Å². The van der Waals surface area contributed by atoms with Gasteiger partial charge in [-0.25, -0.2) is 0 Å². The minimum absolute atomic E-state index is 0.175. The fourth-order valence-electron chi connectivity index (χ4n) is 8.28. The maximum absolute atomic E-state index is 12.9. The van der Waals surface area contributed by atoms with Crippen LogP contribution < -0.4 is 5.32 Å². The quantitative estimate of drug-likeness (QED) is 0.0263. The van der Waals surface area contributed by atoms with Crippen LogP contribution >= 0.6 is 0 Å². The number of aliphatic hydroxyl groups excluding tert-OH is 5. The molecule has 0 radical (unpaired) electrons. The number of hydrogen-bond acceptors (Lipinski definition) is 8. The van der Waals surface area contributed by atoms with Crippen molar-refractivity contribution in [2.45, 2.75) is 288 Å². The highest BCUT2D eigenvalue weighted by Gasteiger charge is 2.44. The van der Waals surface area contributed by atoms with Crippen molar-refractivity contribution in [1.29, 1.82) is 0 Å². The van der Waals surface area contributed by atoms with Crippen LogP contribution in [0.25, 0.3) is 0 Å². The molecule has 9 nitrogen and oxygen atoms in total. The molecular weight excluding hydrogens is 743 g/mol. The third kappa shape index (κ3) is 31.4. The molecule has 1 aliphatic heterocycles. The Bertz CT molecular complexity index is 935. The van der Waals surface area contributed by atoms with Crippen molar-refractivity contribution in [1.82, 2.24) is 5.32 Å². The molecular formula is C50H97NO8. The molecule has 6 N–H and O–H groups in total. The van der Waals surface area contributed by atoms with Crippen LogP contribution in [0.4, 0.5) is 0 Å². The second-order valence-electron chi connectivity index (χ2n) is 18.0. The SMILES string of the molecule is CCCCCCCCC/C=C/[C@@H](O)[C@H](CO[C@@H]1O[C@H](CO)[C@@H](O)C(O)C1O)NC(=O)CCCCCCCCCCCCCCCCCCCCCCCCCCCCC. The Balaban J connectivity index is 2.13. The molecule has 0 aromatic rings. The lowest BCUT2D eigenvalue weighted by molar-refractivity contribution is -0.302. The van der Waals surface area contributed by atoms with E-state index in [1.807, 2.05) is 6.08 Å². The molecule has 0 spiro atoms. The molecule has 1 heterocycles. The maximum Gasteiger partial charge on any atom is 0.220 e. The molecule has 1 aliphatic rings. The van der Waals surface area contributed by atoms with E-state index in [2.05, 4.69) is 19.2 Å². The summed E-state index contributed by atoms with van der Waals surface area (Å²) < 4.78 is 11.2. The Hall–Kier alpha value is -1.07. The molecule has 1 amide bonds. The van der Waals surface area contributed by atoms with Gasteiger partial charge in [-0.3, -0.25) is 4.79 Å². The van der Waals surface area contributed by atoms with Crippen LogP contribution in [0.5, 0.6) is 0 Å². The first-order chi connectivity index (χ1) is 28.8. The summed E-state index contributed by atoms with van der Waals surface area (Å²) in [6.45, 7) is 3.76. The summed E-state index contributed by atoms with van der Waals surface area (Å²) in [6, 6.07) is -0.797. The Labute approximate surface area is 363 Å². The molecule has 0 aromatic carbocycles. The summed E-state index contributed by atoms with van der Waals surface area (Å²) in [5.74, 6) is -0.175. The molecule has 2 unspecified atom stereocenters. The smallest absolute Gasteiger partial charge is 0.220 e. The molecule has 350 valence electrons. The largest absolute Gasteiger partial charge is 0.394 e. The predicted octanol–water partition coefficient (Wildman–Crippen LogP) is 11.3. The number of nitrogens with one attached hydrogen (secondary N) is 1. The zero-order valence-corrected chi connectivity index (χ0v) is 38.5. The molecule has 59 heavy (non-hydrogen) atoms. The Kier molecular flexibility index (Phi) is 38.9. The fraction of sp³-hybridized carbons (Fsp3) is 0.940. The van der Waals surface area contributed by atoms with Gasteiger partial charge in [0.2, 0.25) is 5.91 Å². The van der Waals surface area contributed by atoms with Crippen LogP contribution in [0.15, 0.2) is 12.2 Å². The van der Waals surface area contributed by atoms with E-state index in [4.69, 9.17) is 9.47 Å². The highest BCUT2D eigenvalue weighted by atomic mass is 16.7. The normalized spacial score (nSPS) is 20.7. The lowest BCUT2D eigenvalue weighted by atomic mass is 9.99. The van der Waals surface area contributed by atoms with E-state index in [0.717, 1.165) is 38.5 Å². The average molecular weight is 840 g/mol. The van der Waals surface area contributed by atoms with Gasteiger partial charge in [-0.15, -0.1) is 0 Å². The van der Waals surface area contributed by atoms with Crippen LogP contribution in [0.2, 0.25) is 0 Å². The monoisotopic (exact) mass is 840 g/mol. The van der Waals surface area contributed by atoms with Crippen molar-refractivity contribution in [3.8, 4) is 0 Å². The molecule has 1 fully saturated rings. The van der Waals surface area contributed by atoms with E-state index in [1.165, 1.54) is 186 Å². The number of carbonyl (C=O) groups is 1. The summed E-state index contributed by atoms with van der Waals surface area (Å²) in [5.41, 5.74) is 0. The van der Waals surface area contributed by atoms with Gasteiger partial charge in [0.1, 0.15) is 24.4 Å². The summed E-state index contributed by atoms with van der Waals surface area (Å²) in [4.78, 5) is 12.9. The lowest BCUT2D eigenvalue weighted by Gasteiger charge is -2.40. The summed E-state index contributed by atoms with van der Waals surface area (Å²) in [5, 5.41) is 54.1. The van der Waals surface area contributed by atoms with Crippen LogP contribution in [-0.2, 0) is 14.3 Å². The van der Waals surface area contributed by atoms with Gasteiger partial charge in [-0.05, 0) is 19.3 Å². The van der Waals surface area contributed by atoms with Gasteiger partial charge in [-0.1, -0.05) is 231 Å². The van der Waals surface area contributed by atoms with E-state index >= 15 is 0 Å². The Morgan fingerprint density at radius 1 is 0.559 bits per heavy atom. The molecule has 9 heteroatoms. The van der Waals surface area contributed by atoms with Crippen molar-refractivity contribution >= 4 is 5.91 Å². The van der Waals surface area contributed by atoms with Crippen molar-refractivity contribution in [3.63, 3.8) is 0 Å². The highest BCUT2D eigenvalue weighted by Crippen LogP contribution is 2.23. The van der Waals surface area contributed by atoms with Gasteiger partial charge < -0.3 is 40.3 Å². The first kappa shape index (κ1) is 55.9. The lowest BCUT2D eigenvalue weighted by Crippen LogP contribution is -2.60. The predicted molar refractivity (Wildman–Crippen MR) is 244 cm³/mol. The summed E-state index contributed by atoms with van der Waals surface area (Å²) >= 11 is 0. The van der Waals surface area contributed by atoms with Gasteiger partial charge in [0.25, 0.3) is 0 Å². The average Bonchev–Trinajstić information content (AvgIpc) is 3.23. The van der Waals surface area contributed by atoms with Crippen LogP contribution in [0.3, 0.4) is 0 Å². The molecule has 1 saturated heterocycles. The van der Waals surface area contributed by atoms with Gasteiger partial charge in [0, 0.05) is 6.42 Å². The minimum atomic E-state index is -1.56. The summed E-state index contributed by atoms with van der Waals surface area (Å²) in [6.07, 6.45) is 41.5. The third-order valence-electron chi connectivity index (χ3n) is 12.4. The van der Waals surface area contributed by atoms with E-state index in [0.29, 0.717) is 6.42 Å². The number of amides is 1. The van der Waals surface area contributed by atoms with Crippen LogP contribution in [0, 0.1) is 0 Å². The molecule has 0 bridgehead atoms.